The van der Waals surface area contributed by atoms with E-state index in [9.17, 15) is 4.79 Å². The van der Waals surface area contributed by atoms with Gasteiger partial charge in [-0.3, -0.25) is 4.79 Å². The maximum Gasteiger partial charge on any atom is 0.226 e. The molecule has 6 nitrogen and oxygen atoms in total. The Morgan fingerprint density at radius 1 is 1.00 bits per heavy atom. The van der Waals surface area contributed by atoms with Gasteiger partial charge in [-0.15, -0.1) is 0 Å². The van der Waals surface area contributed by atoms with Crippen molar-refractivity contribution in [3.63, 3.8) is 0 Å². The molecule has 2 atom stereocenters. The predicted molar refractivity (Wildman–Crippen MR) is 143 cm³/mol. The largest absolute Gasteiger partial charge is 0.378 e. The summed E-state index contributed by atoms with van der Waals surface area (Å²) in [6, 6.07) is 12.7. The fourth-order valence-corrected chi connectivity index (χ4v) is 6.50. The zero-order chi connectivity index (χ0) is 24.6. The number of amides is 1. The summed E-state index contributed by atoms with van der Waals surface area (Å²) in [7, 11) is 0. The summed E-state index contributed by atoms with van der Waals surface area (Å²) < 4.78 is 5.45. The van der Waals surface area contributed by atoms with Gasteiger partial charge >= 0.3 is 0 Å². The molecular weight excluding hydrogens is 495 g/mol. The fourth-order valence-electron chi connectivity index (χ4n) is 5.86. The number of benzene rings is 2. The predicted octanol–water partition coefficient (Wildman–Crippen LogP) is 5.17. The highest BCUT2D eigenvalue weighted by Crippen LogP contribution is 2.37. The fraction of sp³-hybridized carbons (Fsp3) is 0.429. The zero-order valence-electron chi connectivity index (χ0n) is 20.2. The number of likely N-dealkylation sites (tertiary alicyclic amines) is 1. The molecule has 2 aliphatic heterocycles. The average molecular weight is 525 g/mol. The van der Waals surface area contributed by atoms with Crippen LogP contribution in [0.4, 0.5) is 5.69 Å². The van der Waals surface area contributed by atoms with E-state index in [1.54, 1.807) is 6.33 Å². The molecule has 188 valence electrons. The number of fused-ring (bicyclic) bond motifs is 1. The molecule has 1 amide bonds. The topological polar surface area (TPSA) is 61.5 Å². The highest BCUT2D eigenvalue weighted by atomic mass is 35.5. The maximum atomic E-state index is 13.3. The Morgan fingerprint density at radius 2 is 1.75 bits per heavy atom. The lowest BCUT2D eigenvalue weighted by Gasteiger charge is -2.31. The molecular formula is C28H30Cl2N4O2. The molecule has 3 heterocycles. The van der Waals surface area contributed by atoms with Gasteiger partial charge in [-0.1, -0.05) is 35.3 Å². The summed E-state index contributed by atoms with van der Waals surface area (Å²) in [6.45, 7) is 4.14. The van der Waals surface area contributed by atoms with Gasteiger partial charge < -0.3 is 19.5 Å². The monoisotopic (exact) mass is 524 g/mol. The molecule has 0 bridgehead atoms. The molecule has 36 heavy (non-hydrogen) atoms. The molecule has 2 saturated heterocycles. The molecule has 6 rings (SSSR count). The molecule has 0 saturated carbocycles. The minimum atomic E-state index is -0.0840. The third-order valence-corrected chi connectivity index (χ3v) is 8.60. The minimum absolute atomic E-state index is 0.0840. The van der Waals surface area contributed by atoms with Crippen molar-refractivity contribution in [2.45, 2.75) is 38.1 Å². The number of halogens is 2. The van der Waals surface area contributed by atoms with Crippen molar-refractivity contribution in [2.24, 2.45) is 5.92 Å². The van der Waals surface area contributed by atoms with Gasteiger partial charge in [0.1, 0.15) is 0 Å². The van der Waals surface area contributed by atoms with Crippen LogP contribution in [0.3, 0.4) is 0 Å². The summed E-state index contributed by atoms with van der Waals surface area (Å²) >= 11 is 13.5. The van der Waals surface area contributed by atoms with Gasteiger partial charge in [-0.25, -0.2) is 4.98 Å². The Morgan fingerprint density at radius 3 is 2.50 bits per heavy atom. The van der Waals surface area contributed by atoms with Crippen molar-refractivity contribution in [2.75, 3.05) is 37.7 Å². The number of morpholine rings is 1. The number of carbonyl (C=O) groups excluding carboxylic acids is 1. The van der Waals surface area contributed by atoms with Crippen LogP contribution in [0, 0.1) is 5.92 Å². The van der Waals surface area contributed by atoms with E-state index in [0.29, 0.717) is 16.5 Å². The van der Waals surface area contributed by atoms with Crippen molar-refractivity contribution >= 4 is 34.8 Å². The normalized spacial score (nSPS) is 22.2. The molecule has 2 fully saturated rings. The van der Waals surface area contributed by atoms with E-state index in [4.69, 9.17) is 27.9 Å². The van der Waals surface area contributed by atoms with Crippen LogP contribution in [0.25, 0.3) is 11.1 Å². The number of ether oxygens (including phenoxy) is 1. The lowest BCUT2D eigenvalue weighted by atomic mass is 9.94. The third-order valence-electron chi connectivity index (χ3n) is 7.92. The Balaban J connectivity index is 1.14. The molecule has 0 radical (unpaired) electrons. The lowest BCUT2D eigenvalue weighted by molar-refractivity contribution is -0.133. The maximum absolute atomic E-state index is 13.3. The van der Waals surface area contributed by atoms with Crippen LogP contribution in [-0.4, -0.2) is 59.7 Å². The first-order valence-electron chi connectivity index (χ1n) is 12.8. The molecule has 1 aliphatic carbocycles. The van der Waals surface area contributed by atoms with Crippen molar-refractivity contribution in [3.05, 3.63) is 69.7 Å². The number of H-pyrrole nitrogens is 1. The average Bonchev–Trinajstić information content (AvgIpc) is 3.52. The van der Waals surface area contributed by atoms with Gasteiger partial charge in [0.2, 0.25) is 5.91 Å². The van der Waals surface area contributed by atoms with Crippen molar-refractivity contribution in [1.82, 2.24) is 14.9 Å². The number of nitrogens with one attached hydrogen (secondary N) is 1. The van der Waals surface area contributed by atoms with E-state index in [1.807, 2.05) is 12.1 Å². The van der Waals surface area contributed by atoms with E-state index < -0.39 is 0 Å². The number of anilines is 1. The van der Waals surface area contributed by atoms with Crippen molar-refractivity contribution in [3.8, 4) is 11.1 Å². The minimum Gasteiger partial charge on any atom is -0.378 e. The molecule has 0 spiro atoms. The first kappa shape index (κ1) is 23.8. The number of carbonyl (C=O) groups is 1. The molecule has 1 N–H and O–H groups in total. The summed E-state index contributed by atoms with van der Waals surface area (Å²) in [5.74, 6) is 0.133. The van der Waals surface area contributed by atoms with E-state index in [1.165, 1.54) is 11.4 Å². The zero-order valence-corrected chi connectivity index (χ0v) is 21.7. The Hall–Kier alpha value is -2.54. The number of hydrogen-bond donors (Lipinski definition) is 1. The first-order chi connectivity index (χ1) is 17.6. The van der Waals surface area contributed by atoms with Crippen LogP contribution in [0.5, 0.6) is 0 Å². The Kier molecular flexibility index (Phi) is 6.67. The molecule has 2 unspecified atom stereocenters. The van der Waals surface area contributed by atoms with Gasteiger partial charge in [-0.05, 0) is 66.6 Å². The number of imidazole rings is 1. The smallest absolute Gasteiger partial charge is 0.226 e. The molecule has 2 aromatic carbocycles. The standard InChI is InChI=1S/C28H30Cl2N4O2/c29-24-14-20(18-1-3-21(4-2-18)33-9-11-36-12-10-33)15-25(30)23(24)13-19-7-8-34(28(19)35)22-5-6-26-27(16-22)32-17-31-26/h1-4,14-15,17,19,22H,5-13,16H2,(H,31,32). The van der Waals surface area contributed by atoms with E-state index in [2.05, 4.69) is 44.0 Å². The summed E-state index contributed by atoms with van der Waals surface area (Å²) in [4.78, 5) is 25.4. The van der Waals surface area contributed by atoms with E-state index in [-0.39, 0.29) is 17.9 Å². The lowest BCUT2D eigenvalue weighted by Crippen LogP contribution is -2.41. The number of aromatic amines is 1. The highest BCUT2D eigenvalue weighted by Gasteiger charge is 2.38. The quantitative estimate of drug-likeness (QED) is 0.500. The third kappa shape index (κ3) is 4.62. The van der Waals surface area contributed by atoms with Crippen LogP contribution < -0.4 is 4.90 Å². The molecule has 3 aromatic rings. The summed E-state index contributed by atoms with van der Waals surface area (Å²) in [5.41, 5.74) is 6.43. The van der Waals surface area contributed by atoms with Gasteiger partial charge in [-0.2, -0.15) is 0 Å². The molecule has 3 aliphatic rings. The second kappa shape index (κ2) is 10.1. The summed E-state index contributed by atoms with van der Waals surface area (Å²) in [6.07, 6.45) is 5.92. The second-order valence-corrected chi connectivity index (χ2v) is 10.8. The Labute approximate surface area is 221 Å². The molecule has 8 heteroatoms. The van der Waals surface area contributed by atoms with Gasteiger partial charge in [0, 0.05) is 59.4 Å². The first-order valence-corrected chi connectivity index (χ1v) is 13.5. The number of hydrogen-bond acceptors (Lipinski definition) is 4. The van der Waals surface area contributed by atoms with Crippen LogP contribution in [-0.2, 0) is 28.8 Å². The van der Waals surface area contributed by atoms with E-state index >= 15 is 0 Å². The summed E-state index contributed by atoms with van der Waals surface area (Å²) in [5, 5.41) is 1.25. The number of nitrogens with zero attached hydrogens (tertiary/aromatic N) is 3. The Bertz CT molecular complexity index is 1230. The number of rotatable bonds is 5. The number of aryl methyl sites for hydroxylation is 1. The van der Waals surface area contributed by atoms with Gasteiger partial charge in [0.15, 0.2) is 0 Å². The van der Waals surface area contributed by atoms with Gasteiger partial charge in [0.05, 0.1) is 25.2 Å². The highest BCUT2D eigenvalue weighted by molar-refractivity contribution is 6.36. The van der Waals surface area contributed by atoms with Crippen LogP contribution in [0.2, 0.25) is 10.0 Å². The van der Waals surface area contributed by atoms with Crippen molar-refractivity contribution < 1.29 is 9.53 Å². The van der Waals surface area contributed by atoms with Crippen LogP contribution in [0.1, 0.15) is 29.8 Å². The van der Waals surface area contributed by atoms with Crippen LogP contribution in [0.15, 0.2) is 42.7 Å². The second-order valence-electron chi connectivity index (χ2n) is 10.0. The van der Waals surface area contributed by atoms with Crippen LogP contribution >= 0.6 is 23.2 Å². The van der Waals surface area contributed by atoms with Gasteiger partial charge in [0.25, 0.3) is 0 Å². The number of aromatic nitrogens is 2. The molecule has 1 aromatic heterocycles. The van der Waals surface area contributed by atoms with Crippen molar-refractivity contribution in [1.29, 1.82) is 0 Å². The van der Waals surface area contributed by atoms with E-state index in [0.717, 1.165) is 80.9 Å². The SMILES string of the molecule is O=C1C(Cc2c(Cl)cc(-c3ccc(N4CCOCC4)cc3)cc2Cl)CCN1C1CCc2[nH]cnc2C1.